The fourth-order valence-electron chi connectivity index (χ4n) is 3.69. The molecule has 7 nitrogen and oxygen atoms in total. The van der Waals surface area contributed by atoms with Crippen LogP contribution in [0.1, 0.15) is 42.0 Å². The monoisotopic (exact) mass is 470 g/mol. The number of alkyl halides is 5. The van der Waals surface area contributed by atoms with Gasteiger partial charge in [0.1, 0.15) is 12.0 Å². The molecule has 0 bridgehead atoms. The maximum atomic E-state index is 13.1. The van der Waals surface area contributed by atoms with Crippen molar-refractivity contribution in [2.45, 2.75) is 39.8 Å². The van der Waals surface area contributed by atoms with Crippen LogP contribution < -0.4 is 0 Å². The highest BCUT2D eigenvalue weighted by atomic mass is 19.4. The number of halogens is 5. The maximum absolute atomic E-state index is 13.1. The number of amides is 1. The number of aromatic nitrogens is 4. The predicted molar refractivity (Wildman–Crippen MR) is 111 cm³/mol. The van der Waals surface area contributed by atoms with Gasteiger partial charge in [-0.25, -0.2) is 23.4 Å². The molecule has 0 aromatic carbocycles. The number of aliphatic imine (C=N–C) groups is 1. The van der Waals surface area contributed by atoms with Crippen molar-refractivity contribution >= 4 is 23.3 Å². The largest absolute Gasteiger partial charge is 0.433 e. The first-order valence-electron chi connectivity index (χ1n) is 10.2. The van der Waals surface area contributed by atoms with Crippen molar-refractivity contribution in [2.75, 3.05) is 13.1 Å². The minimum absolute atomic E-state index is 0.0451. The number of likely N-dealkylation sites (tertiary alicyclic amines) is 1. The molecule has 33 heavy (non-hydrogen) atoms. The molecule has 1 saturated heterocycles. The molecule has 3 rings (SSSR count). The van der Waals surface area contributed by atoms with Gasteiger partial charge >= 0.3 is 6.18 Å². The van der Waals surface area contributed by atoms with E-state index >= 15 is 0 Å². The summed E-state index contributed by atoms with van der Waals surface area (Å²) >= 11 is 0. The Hall–Kier alpha value is -3.18. The summed E-state index contributed by atoms with van der Waals surface area (Å²) in [5.41, 5.74) is -1.18. The molecule has 3 heterocycles. The topological polar surface area (TPSA) is 76.3 Å². The predicted octanol–water partition coefficient (Wildman–Crippen LogP) is 4.63. The second kappa shape index (κ2) is 9.36. The third kappa shape index (κ3) is 5.42. The molecular formula is C21H23F5N6O. The van der Waals surface area contributed by atoms with Gasteiger partial charge in [0.25, 0.3) is 18.3 Å². The molecule has 12 heteroatoms. The second-order valence-corrected chi connectivity index (χ2v) is 8.02. The van der Waals surface area contributed by atoms with Gasteiger partial charge in [-0.3, -0.25) is 4.79 Å². The number of pyridine rings is 1. The van der Waals surface area contributed by atoms with Gasteiger partial charge in [0, 0.05) is 36.0 Å². The number of hydrogen-bond acceptors (Lipinski definition) is 5. The Balaban J connectivity index is 1.85. The number of piperidine rings is 1. The Labute approximate surface area is 187 Å². The lowest BCUT2D eigenvalue weighted by atomic mass is 9.84. The number of nitrogens with zero attached hydrogens (tertiary/aromatic N) is 6. The van der Waals surface area contributed by atoms with Crippen LogP contribution in [0.25, 0.3) is 5.70 Å². The Morgan fingerprint density at radius 2 is 2.00 bits per heavy atom. The van der Waals surface area contributed by atoms with E-state index in [-0.39, 0.29) is 35.6 Å². The number of carbonyl (C=O) groups is 1. The molecule has 0 N–H and O–H groups in total. The Morgan fingerprint density at radius 1 is 1.30 bits per heavy atom. The number of aryl methyl sites for hydroxylation is 1. The molecule has 1 amide bonds. The average molecular weight is 470 g/mol. The zero-order valence-electron chi connectivity index (χ0n) is 18.3. The van der Waals surface area contributed by atoms with Gasteiger partial charge in [0.15, 0.2) is 0 Å². The Kier molecular flexibility index (Phi) is 6.94. The van der Waals surface area contributed by atoms with Crippen molar-refractivity contribution < 1.29 is 26.7 Å². The first kappa shape index (κ1) is 24.5. The van der Waals surface area contributed by atoms with Crippen molar-refractivity contribution in [2.24, 2.45) is 16.8 Å². The molecule has 0 aliphatic carbocycles. The van der Waals surface area contributed by atoms with Gasteiger partial charge in [0.2, 0.25) is 0 Å². The lowest BCUT2D eigenvalue weighted by Gasteiger charge is -2.38. The highest BCUT2D eigenvalue weighted by Crippen LogP contribution is 2.34. The van der Waals surface area contributed by atoms with E-state index in [1.165, 1.54) is 29.5 Å². The molecule has 178 valence electrons. The van der Waals surface area contributed by atoms with E-state index in [9.17, 15) is 26.7 Å². The summed E-state index contributed by atoms with van der Waals surface area (Å²) < 4.78 is 66.4. The molecule has 0 spiro atoms. The van der Waals surface area contributed by atoms with E-state index < -0.39 is 29.9 Å². The molecule has 1 fully saturated rings. The van der Waals surface area contributed by atoms with E-state index in [2.05, 4.69) is 26.6 Å². The Morgan fingerprint density at radius 3 is 2.64 bits per heavy atom. The maximum Gasteiger partial charge on any atom is 0.433 e. The van der Waals surface area contributed by atoms with Crippen molar-refractivity contribution in [1.82, 2.24) is 24.6 Å². The smallest absolute Gasteiger partial charge is 0.338 e. The molecule has 2 atom stereocenters. The number of carbonyl (C=O) groups excluding carboxylic acids is 1. The third-order valence-electron chi connectivity index (χ3n) is 5.56. The zero-order chi connectivity index (χ0) is 24.5. The van der Waals surface area contributed by atoms with E-state index in [4.69, 9.17) is 0 Å². The van der Waals surface area contributed by atoms with Gasteiger partial charge in [-0.05, 0) is 38.3 Å². The lowest BCUT2D eigenvalue weighted by Crippen LogP contribution is -2.44. The second-order valence-electron chi connectivity index (χ2n) is 8.02. The SMILES string of the molecule is C=C([C@@H]1CN(C(=O)c2cc(C)nc(C(F)(F)F)c2)CC[C@H]1C)n1ncnc1N=C(C)C(F)F. The van der Waals surface area contributed by atoms with Crippen molar-refractivity contribution in [3.8, 4) is 0 Å². The summed E-state index contributed by atoms with van der Waals surface area (Å²) in [5, 5.41) is 4.03. The quantitative estimate of drug-likeness (QED) is 0.472. The highest BCUT2D eigenvalue weighted by molar-refractivity contribution is 5.94. The van der Waals surface area contributed by atoms with Crippen LogP contribution in [0.15, 0.2) is 30.0 Å². The lowest BCUT2D eigenvalue weighted by molar-refractivity contribution is -0.141. The van der Waals surface area contributed by atoms with Crippen LogP contribution in [0.2, 0.25) is 0 Å². The molecule has 2 aromatic rings. The summed E-state index contributed by atoms with van der Waals surface area (Å²) in [6, 6.07) is 2.06. The molecule has 2 aromatic heterocycles. The van der Waals surface area contributed by atoms with E-state index in [1.807, 2.05) is 6.92 Å². The summed E-state index contributed by atoms with van der Waals surface area (Å²) in [4.78, 5) is 25.7. The molecule has 0 unspecified atom stereocenters. The standard InChI is InChI=1S/C21H23F5N6O/c1-11-5-6-31(19(33)15-7-12(2)29-17(8-15)21(24,25)26)9-16(11)14(4)32-20(27-10-28-32)30-13(3)18(22)23/h7-8,10-11,16,18H,4-6,9H2,1-3H3/t11-,16-/m1/s1. The number of hydrogen-bond donors (Lipinski definition) is 0. The molecule has 0 saturated carbocycles. The summed E-state index contributed by atoms with van der Waals surface area (Å²) in [6.07, 6.45) is -5.70. The summed E-state index contributed by atoms with van der Waals surface area (Å²) in [6.45, 7) is 9.04. The van der Waals surface area contributed by atoms with E-state index in [1.54, 1.807) is 0 Å². The van der Waals surface area contributed by atoms with E-state index in [0.29, 0.717) is 18.7 Å². The average Bonchev–Trinajstić information content (AvgIpc) is 3.20. The first-order valence-corrected chi connectivity index (χ1v) is 10.2. The summed E-state index contributed by atoms with van der Waals surface area (Å²) in [7, 11) is 0. The van der Waals surface area contributed by atoms with Crippen molar-refractivity contribution in [3.05, 3.63) is 42.0 Å². The molecule has 1 aliphatic rings. The van der Waals surface area contributed by atoms with Crippen LogP contribution in [0.5, 0.6) is 0 Å². The highest BCUT2D eigenvalue weighted by Gasteiger charge is 2.36. The van der Waals surface area contributed by atoms with Crippen molar-refractivity contribution in [3.63, 3.8) is 0 Å². The van der Waals surface area contributed by atoms with Crippen LogP contribution in [0, 0.1) is 18.8 Å². The van der Waals surface area contributed by atoms with Crippen LogP contribution in [-0.2, 0) is 6.18 Å². The third-order valence-corrected chi connectivity index (χ3v) is 5.56. The van der Waals surface area contributed by atoms with Gasteiger partial charge < -0.3 is 4.90 Å². The van der Waals surface area contributed by atoms with Gasteiger partial charge in [-0.2, -0.15) is 23.3 Å². The minimum atomic E-state index is -4.67. The van der Waals surface area contributed by atoms with Gasteiger partial charge in [0.05, 0.1) is 5.71 Å². The fraction of sp³-hybridized carbons (Fsp3) is 0.476. The fourth-order valence-corrected chi connectivity index (χ4v) is 3.69. The Bertz CT molecular complexity index is 1080. The molecule has 1 aliphatic heterocycles. The van der Waals surface area contributed by atoms with Gasteiger partial charge in [-0.1, -0.05) is 13.5 Å². The van der Waals surface area contributed by atoms with Crippen LogP contribution in [-0.4, -0.2) is 55.8 Å². The van der Waals surface area contributed by atoms with Crippen LogP contribution in [0.4, 0.5) is 27.9 Å². The van der Waals surface area contributed by atoms with Crippen LogP contribution in [0.3, 0.4) is 0 Å². The first-order chi connectivity index (χ1) is 15.4. The van der Waals surface area contributed by atoms with Gasteiger partial charge in [-0.15, -0.1) is 0 Å². The summed E-state index contributed by atoms with van der Waals surface area (Å²) in [5.74, 6) is -0.909. The molecular weight excluding hydrogens is 447 g/mol. The van der Waals surface area contributed by atoms with E-state index in [0.717, 1.165) is 12.4 Å². The number of rotatable bonds is 5. The van der Waals surface area contributed by atoms with Crippen molar-refractivity contribution in [1.29, 1.82) is 0 Å². The zero-order valence-corrected chi connectivity index (χ0v) is 18.3. The molecule has 0 radical (unpaired) electrons. The normalized spacial score (nSPS) is 19.8. The minimum Gasteiger partial charge on any atom is -0.338 e. The van der Waals surface area contributed by atoms with Crippen LogP contribution >= 0.6 is 0 Å².